The molecule has 1 aromatic heterocycles. The first-order valence-corrected chi connectivity index (χ1v) is 8.91. The Morgan fingerprint density at radius 2 is 1.86 bits per heavy atom. The molecule has 2 saturated heterocycles. The van der Waals surface area contributed by atoms with E-state index in [1.54, 1.807) is 18.4 Å². The van der Waals surface area contributed by atoms with Crippen molar-refractivity contribution in [2.75, 3.05) is 26.2 Å². The molecule has 0 saturated carbocycles. The maximum absolute atomic E-state index is 12.6. The minimum absolute atomic E-state index is 0.0746. The quantitative estimate of drug-likeness (QED) is 0.853. The highest BCUT2D eigenvalue weighted by Gasteiger charge is 2.29. The van der Waals surface area contributed by atoms with E-state index in [4.69, 9.17) is 4.42 Å². The van der Waals surface area contributed by atoms with Crippen LogP contribution in [0.25, 0.3) is 0 Å². The van der Waals surface area contributed by atoms with Gasteiger partial charge in [-0.15, -0.1) is 0 Å². The summed E-state index contributed by atoms with van der Waals surface area (Å²) in [5.41, 5.74) is 0. The minimum Gasteiger partial charge on any atom is -0.459 e. The van der Waals surface area contributed by atoms with Crippen molar-refractivity contribution in [3.63, 3.8) is 0 Å². The largest absolute Gasteiger partial charge is 0.459 e. The van der Waals surface area contributed by atoms with Crippen LogP contribution in [-0.4, -0.2) is 47.9 Å². The zero-order chi connectivity index (χ0) is 15.2. The van der Waals surface area contributed by atoms with Crippen molar-refractivity contribution in [1.82, 2.24) is 9.80 Å². The molecule has 3 heterocycles. The van der Waals surface area contributed by atoms with E-state index in [9.17, 15) is 4.79 Å². The summed E-state index contributed by atoms with van der Waals surface area (Å²) >= 11 is 0. The Hall–Kier alpha value is -1.29. The molecule has 2 aliphatic heterocycles. The molecule has 0 N–H and O–H groups in total. The predicted molar refractivity (Wildman–Crippen MR) is 86.9 cm³/mol. The molecular formula is C18H28N2O2. The fourth-order valence-corrected chi connectivity index (χ4v) is 3.80. The van der Waals surface area contributed by atoms with Crippen molar-refractivity contribution in [3.05, 3.63) is 24.2 Å². The molecule has 0 unspecified atom stereocenters. The first kappa shape index (κ1) is 15.6. The smallest absolute Gasteiger partial charge is 0.289 e. The summed E-state index contributed by atoms with van der Waals surface area (Å²) in [6.45, 7) is 4.48. The van der Waals surface area contributed by atoms with Gasteiger partial charge in [-0.3, -0.25) is 4.79 Å². The van der Waals surface area contributed by atoms with Crippen molar-refractivity contribution >= 4 is 5.91 Å². The second-order valence-corrected chi connectivity index (χ2v) is 6.67. The Kier molecular flexibility index (Phi) is 5.54. The van der Waals surface area contributed by atoms with Gasteiger partial charge in [-0.2, -0.15) is 0 Å². The minimum atomic E-state index is 0.0746. The lowest BCUT2D eigenvalue weighted by Gasteiger charge is -2.36. The molecule has 1 aromatic rings. The van der Waals surface area contributed by atoms with Crippen LogP contribution in [-0.2, 0) is 0 Å². The molecule has 3 rings (SSSR count). The lowest BCUT2D eigenvalue weighted by Crippen LogP contribution is -2.45. The van der Waals surface area contributed by atoms with Crippen molar-refractivity contribution in [1.29, 1.82) is 0 Å². The molecular weight excluding hydrogens is 276 g/mol. The lowest BCUT2D eigenvalue weighted by molar-refractivity contribution is 0.0552. The SMILES string of the molecule is O=C(c1ccco1)N1CCCC[C@H]1CCN1CCCCCC1. The van der Waals surface area contributed by atoms with Crippen molar-refractivity contribution in [3.8, 4) is 0 Å². The summed E-state index contributed by atoms with van der Waals surface area (Å²) in [6.07, 6.45) is 11.6. The van der Waals surface area contributed by atoms with E-state index in [0.29, 0.717) is 11.8 Å². The van der Waals surface area contributed by atoms with Gasteiger partial charge < -0.3 is 14.2 Å². The first-order chi connectivity index (χ1) is 10.8. The van der Waals surface area contributed by atoms with Crippen LogP contribution in [0.15, 0.2) is 22.8 Å². The molecule has 2 fully saturated rings. The Bertz CT molecular complexity index is 450. The third kappa shape index (κ3) is 3.92. The Labute approximate surface area is 133 Å². The third-order valence-electron chi connectivity index (χ3n) is 5.10. The highest BCUT2D eigenvalue weighted by atomic mass is 16.3. The van der Waals surface area contributed by atoms with Gasteiger partial charge >= 0.3 is 0 Å². The number of furan rings is 1. The Balaban J connectivity index is 1.56. The van der Waals surface area contributed by atoms with Crippen LogP contribution < -0.4 is 0 Å². The van der Waals surface area contributed by atoms with E-state index in [-0.39, 0.29) is 5.91 Å². The monoisotopic (exact) mass is 304 g/mol. The molecule has 0 bridgehead atoms. The number of piperidine rings is 1. The highest BCUT2D eigenvalue weighted by Crippen LogP contribution is 2.23. The molecule has 2 aliphatic rings. The average Bonchev–Trinajstić information content (AvgIpc) is 2.97. The zero-order valence-electron chi connectivity index (χ0n) is 13.5. The maximum atomic E-state index is 12.6. The van der Waals surface area contributed by atoms with Crippen molar-refractivity contribution in [2.24, 2.45) is 0 Å². The van der Waals surface area contributed by atoms with Crippen LogP contribution in [0.3, 0.4) is 0 Å². The number of amides is 1. The van der Waals surface area contributed by atoms with Gasteiger partial charge in [0.2, 0.25) is 0 Å². The van der Waals surface area contributed by atoms with Crippen molar-refractivity contribution in [2.45, 2.75) is 57.4 Å². The Morgan fingerprint density at radius 3 is 2.59 bits per heavy atom. The normalized spacial score (nSPS) is 24.2. The molecule has 4 heteroatoms. The van der Waals surface area contributed by atoms with Crippen LogP contribution in [0.5, 0.6) is 0 Å². The van der Waals surface area contributed by atoms with Crippen LogP contribution in [0.1, 0.15) is 61.9 Å². The van der Waals surface area contributed by atoms with E-state index >= 15 is 0 Å². The van der Waals surface area contributed by atoms with Crippen LogP contribution in [0.4, 0.5) is 0 Å². The number of likely N-dealkylation sites (tertiary alicyclic amines) is 2. The molecule has 1 amide bonds. The highest BCUT2D eigenvalue weighted by molar-refractivity contribution is 5.91. The number of carbonyl (C=O) groups is 1. The lowest BCUT2D eigenvalue weighted by atomic mass is 9.98. The Morgan fingerprint density at radius 1 is 1.09 bits per heavy atom. The summed E-state index contributed by atoms with van der Waals surface area (Å²) in [6, 6.07) is 3.96. The third-order valence-corrected chi connectivity index (χ3v) is 5.10. The van der Waals surface area contributed by atoms with Gasteiger partial charge in [0.25, 0.3) is 5.91 Å². The van der Waals surface area contributed by atoms with Gasteiger partial charge in [0, 0.05) is 19.1 Å². The maximum Gasteiger partial charge on any atom is 0.289 e. The number of rotatable bonds is 4. The summed E-state index contributed by atoms with van der Waals surface area (Å²) in [5, 5.41) is 0. The van der Waals surface area contributed by atoms with E-state index in [1.807, 2.05) is 0 Å². The number of hydrogen-bond acceptors (Lipinski definition) is 3. The van der Waals surface area contributed by atoms with Gasteiger partial charge in [0.15, 0.2) is 5.76 Å². The standard InChI is InChI=1S/C18H28N2O2/c21-18(17-9-7-15-22-17)20-13-6-3-8-16(20)10-14-19-11-4-1-2-5-12-19/h7,9,15-16H,1-6,8,10-14H2/t16-/m0/s1. The zero-order valence-corrected chi connectivity index (χ0v) is 13.5. The summed E-state index contributed by atoms with van der Waals surface area (Å²) in [4.78, 5) is 17.2. The first-order valence-electron chi connectivity index (χ1n) is 8.91. The van der Waals surface area contributed by atoms with Crippen LogP contribution >= 0.6 is 0 Å². The topological polar surface area (TPSA) is 36.7 Å². The second-order valence-electron chi connectivity index (χ2n) is 6.67. The van der Waals surface area contributed by atoms with Gasteiger partial charge in [-0.1, -0.05) is 12.8 Å². The summed E-state index contributed by atoms with van der Waals surface area (Å²) in [7, 11) is 0. The predicted octanol–water partition coefficient (Wildman–Crippen LogP) is 3.54. The van der Waals surface area contributed by atoms with E-state index in [0.717, 1.165) is 32.4 Å². The molecule has 1 atom stereocenters. The van der Waals surface area contributed by atoms with E-state index < -0.39 is 0 Å². The fourth-order valence-electron chi connectivity index (χ4n) is 3.80. The summed E-state index contributed by atoms with van der Waals surface area (Å²) in [5.74, 6) is 0.562. The van der Waals surface area contributed by atoms with Gasteiger partial charge in [0.05, 0.1) is 6.26 Å². The summed E-state index contributed by atoms with van der Waals surface area (Å²) < 4.78 is 5.31. The van der Waals surface area contributed by atoms with Crippen LogP contribution in [0, 0.1) is 0 Å². The van der Waals surface area contributed by atoms with E-state index in [1.165, 1.54) is 45.2 Å². The molecule has 0 aliphatic carbocycles. The average molecular weight is 304 g/mol. The molecule has 22 heavy (non-hydrogen) atoms. The number of hydrogen-bond donors (Lipinski definition) is 0. The molecule has 0 aromatic carbocycles. The molecule has 0 radical (unpaired) electrons. The number of carbonyl (C=O) groups excluding carboxylic acids is 1. The van der Waals surface area contributed by atoms with Crippen LogP contribution in [0.2, 0.25) is 0 Å². The number of nitrogens with zero attached hydrogens (tertiary/aromatic N) is 2. The fraction of sp³-hybridized carbons (Fsp3) is 0.722. The van der Waals surface area contributed by atoms with Gasteiger partial charge in [-0.25, -0.2) is 0 Å². The molecule has 122 valence electrons. The molecule has 4 nitrogen and oxygen atoms in total. The second kappa shape index (κ2) is 7.82. The molecule has 0 spiro atoms. The van der Waals surface area contributed by atoms with Crippen molar-refractivity contribution < 1.29 is 9.21 Å². The van der Waals surface area contributed by atoms with Gasteiger partial charge in [-0.05, 0) is 63.7 Å². The van der Waals surface area contributed by atoms with Gasteiger partial charge in [0.1, 0.15) is 0 Å². The van der Waals surface area contributed by atoms with E-state index in [2.05, 4.69) is 9.80 Å².